The first-order chi connectivity index (χ1) is 6.56. The van der Waals surface area contributed by atoms with Crippen LogP contribution in [0.5, 0.6) is 0 Å². The molecule has 1 aromatic heterocycles. The van der Waals surface area contributed by atoms with Gasteiger partial charge in [-0.1, -0.05) is 0 Å². The Kier molecular flexibility index (Phi) is 3.22. The summed E-state index contributed by atoms with van der Waals surface area (Å²) in [5.74, 6) is -0.0646. The molecule has 0 unspecified atom stereocenters. The van der Waals surface area contributed by atoms with Crippen molar-refractivity contribution in [1.29, 1.82) is 0 Å². The van der Waals surface area contributed by atoms with Crippen LogP contribution in [0.15, 0.2) is 6.20 Å². The SMILES string of the molecule is CCN(c1nc(N)ncc1F)C(C)C. The minimum Gasteiger partial charge on any atom is -0.368 e. The van der Waals surface area contributed by atoms with Gasteiger partial charge in [-0.25, -0.2) is 9.37 Å². The number of nitrogens with zero attached hydrogens (tertiary/aromatic N) is 3. The average Bonchev–Trinajstić information content (AvgIpc) is 2.11. The number of rotatable bonds is 3. The van der Waals surface area contributed by atoms with Crippen LogP contribution in [0.1, 0.15) is 20.8 Å². The van der Waals surface area contributed by atoms with Crippen LogP contribution in [0.25, 0.3) is 0 Å². The summed E-state index contributed by atoms with van der Waals surface area (Å²) in [5, 5.41) is 0. The van der Waals surface area contributed by atoms with E-state index in [2.05, 4.69) is 9.97 Å². The van der Waals surface area contributed by atoms with Gasteiger partial charge >= 0.3 is 0 Å². The quantitative estimate of drug-likeness (QED) is 0.798. The molecule has 2 N–H and O–H groups in total. The molecule has 0 saturated carbocycles. The molecule has 0 spiro atoms. The summed E-state index contributed by atoms with van der Waals surface area (Å²) in [5.41, 5.74) is 5.40. The number of aromatic nitrogens is 2. The van der Waals surface area contributed by atoms with Gasteiger partial charge < -0.3 is 10.6 Å². The van der Waals surface area contributed by atoms with E-state index in [0.29, 0.717) is 6.54 Å². The molecule has 0 saturated heterocycles. The Bertz CT molecular complexity index is 314. The topological polar surface area (TPSA) is 55.0 Å². The smallest absolute Gasteiger partial charge is 0.222 e. The number of nitrogens with two attached hydrogens (primary N) is 1. The molecule has 0 atom stereocenters. The van der Waals surface area contributed by atoms with Crippen LogP contribution >= 0.6 is 0 Å². The highest BCUT2D eigenvalue weighted by Crippen LogP contribution is 2.18. The minimum atomic E-state index is -0.435. The molecule has 78 valence electrons. The van der Waals surface area contributed by atoms with E-state index in [-0.39, 0.29) is 17.8 Å². The number of hydrogen-bond acceptors (Lipinski definition) is 4. The van der Waals surface area contributed by atoms with Crippen molar-refractivity contribution in [2.45, 2.75) is 26.8 Å². The third-order valence-electron chi connectivity index (χ3n) is 1.98. The van der Waals surface area contributed by atoms with E-state index >= 15 is 0 Å². The summed E-state index contributed by atoms with van der Waals surface area (Å²) in [6, 6.07) is 0.184. The van der Waals surface area contributed by atoms with Crippen molar-refractivity contribution in [1.82, 2.24) is 9.97 Å². The number of hydrogen-bond donors (Lipinski definition) is 1. The zero-order chi connectivity index (χ0) is 10.7. The Morgan fingerprint density at radius 2 is 2.21 bits per heavy atom. The van der Waals surface area contributed by atoms with Crippen molar-refractivity contribution >= 4 is 11.8 Å². The molecule has 5 heteroatoms. The van der Waals surface area contributed by atoms with E-state index in [9.17, 15) is 4.39 Å². The summed E-state index contributed by atoms with van der Waals surface area (Å²) >= 11 is 0. The second-order valence-corrected chi connectivity index (χ2v) is 3.28. The lowest BCUT2D eigenvalue weighted by atomic mass is 10.3. The maximum Gasteiger partial charge on any atom is 0.222 e. The van der Waals surface area contributed by atoms with Crippen LogP contribution in [0.3, 0.4) is 0 Å². The van der Waals surface area contributed by atoms with Crippen molar-refractivity contribution in [3.05, 3.63) is 12.0 Å². The van der Waals surface area contributed by atoms with E-state index in [1.807, 2.05) is 25.7 Å². The second kappa shape index (κ2) is 4.21. The van der Waals surface area contributed by atoms with Crippen molar-refractivity contribution < 1.29 is 4.39 Å². The van der Waals surface area contributed by atoms with Gasteiger partial charge in [-0.2, -0.15) is 4.98 Å². The molecular weight excluding hydrogens is 183 g/mol. The summed E-state index contributed by atoms with van der Waals surface area (Å²) in [4.78, 5) is 9.29. The first-order valence-electron chi connectivity index (χ1n) is 4.61. The molecule has 1 rings (SSSR count). The lowest BCUT2D eigenvalue weighted by molar-refractivity contribution is 0.589. The summed E-state index contributed by atoms with van der Waals surface area (Å²) < 4.78 is 13.3. The Labute approximate surface area is 83.0 Å². The fourth-order valence-corrected chi connectivity index (χ4v) is 1.33. The highest BCUT2D eigenvalue weighted by molar-refractivity contribution is 5.43. The van der Waals surface area contributed by atoms with Crippen molar-refractivity contribution in [2.75, 3.05) is 17.2 Å². The van der Waals surface area contributed by atoms with Crippen molar-refractivity contribution in [2.24, 2.45) is 0 Å². The molecule has 0 radical (unpaired) electrons. The van der Waals surface area contributed by atoms with Crippen LogP contribution in [-0.2, 0) is 0 Å². The molecule has 1 aromatic rings. The maximum absolute atomic E-state index is 13.3. The fourth-order valence-electron chi connectivity index (χ4n) is 1.33. The van der Waals surface area contributed by atoms with Crippen LogP contribution in [0, 0.1) is 5.82 Å². The molecular formula is C9H15FN4. The predicted octanol–water partition coefficient (Wildman–Crippen LogP) is 1.43. The lowest BCUT2D eigenvalue weighted by Gasteiger charge is -2.26. The fraction of sp³-hybridized carbons (Fsp3) is 0.556. The van der Waals surface area contributed by atoms with Gasteiger partial charge in [-0.15, -0.1) is 0 Å². The van der Waals surface area contributed by atoms with Gasteiger partial charge in [0.1, 0.15) is 0 Å². The van der Waals surface area contributed by atoms with E-state index in [4.69, 9.17) is 5.73 Å². The second-order valence-electron chi connectivity index (χ2n) is 3.28. The predicted molar refractivity (Wildman–Crippen MR) is 54.6 cm³/mol. The molecule has 0 fully saturated rings. The maximum atomic E-state index is 13.3. The lowest BCUT2D eigenvalue weighted by Crippen LogP contribution is -2.32. The molecule has 4 nitrogen and oxygen atoms in total. The normalized spacial score (nSPS) is 10.6. The first-order valence-corrected chi connectivity index (χ1v) is 4.61. The monoisotopic (exact) mass is 198 g/mol. The Morgan fingerprint density at radius 3 is 2.71 bits per heavy atom. The molecule has 14 heavy (non-hydrogen) atoms. The van der Waals surface area contributed by atoms with Crippen molar-refractivity contribution in [3.8, 4) is 0 Å². The van der Waals surface area contributed by atoms with Crippen LogP contribution in [0.2, 0.25) is 0 Å². The minimum absolute atomic E-state index is 0.0977. The van der Waals surface area contributed by atoms with Gasteiger partial charge in [0.2, 0.25) is 5.95 Å². The van der Waals surface area contributed by atoms with E-state index in [1.165, 1.54) is 0 Å². The molecule has 0 amide bonds. The number of anilines is 2. The Balaban J connectivity index is 3.08. The van der Waals surface area contributed by atoms with Crippen LogP contribution in [-0.4, -0.2) is 22.6 Å². The largest absolute Gasteiger partial charge is 0.368 e. The Morgan fingerprint density at radius 1 is 1.57 bits per heavy atom. The van der Waals surface area contributed by atoms with Gasteiger partial charge in [0, 0.05) is 12.6 Å². The van der Waals surface area contributed by atoms with Crippen LogP contribution in [0.4, 0.5) is 16.2 Å². The first kappa shape index (κ1) is 10.7. The molecule has 0 aliphatic heterocycles. The summed E-state index contributed by atoms with van der Waals surface area (Å²) in [6.45, 7) is 6.57. The Hall–Kier alpha value is -1.39. The zero-order valence-electron chi connectivity index (χ0n) is 8.66. The third-order valence-corrected chi connectivity index (χ3v) is 1.98. The van der Waals surface area contributed by atoms with Gasteiger partial charge in [0.05, 0.1) is 6.20 Å². The average molecular weight is 198 g/mol. The highest BCUT2D eigenvalue weighted by Gasteiger charge is 2.15. The van der Waals surface area contributed by atoms with Gasteiger partial charge in [-0.05, 0) is 20.8 Å². The number of halogens is 1. The molecule has 1 heterocycles. The van der Waals surface area contributed by atoms with Gasteiger partial charge in [-0.3, -0.25) is 0 Å². The van der Waals surface area contributed by atoms with Crippen molar-refractivity contribution in [3.63, 3.8) is 0 Å². The zero-order valence-corrected chi connectivity index (χ0v) is 8.66. The van der Waals surface area contributed by atoms with Gasteiger partial charge in [0.15, 0.2) is 11.6 Å². The van der Waals surface area contributed by atoms with E-state index in [0.717, 1.165) is 6.20 Å². The molecule has 0 aromatic carbocycles. The van der Waals surface area contributed by atoms with E-state index in [1.54, 1.807) is 0 Å². The standard InChI is InChI=1S/C9H15FN4/c1-4-14(6(2)3)8-7(10)5-12-9(11)13-8/h5-6H,4H2,1-3H3,(H2,11,12,13). The molecule has 0 bridgehead atoms. The number of nitrogen functional groups attached to an aromatic ring is 1. The third kappa shape index (κ3) is 2.10. The van der Waals surface area contributed by atoms with Gasteiger partial charge in [0.25, 0.3) is 0 Å². The molecule has 0 aliphatic rings. The van der Waals surface area contributed by atoms with Crippen LogP contribution < -0.4 is 10.6 Å². The van der Waals surface area contributed by atoms with E-state index < -0.39 is 5.82 Å². The summed E-state index contributed by atoms with van der Waals surface area (Å²) in [6.07, 6.45) is 1.10. The molecule has 0 aliphatic carbocycles. The highest BCUT2D eigenvalue weighted by atomic mass is 19.1. The summed E-state index contributed by atoms with van der Waals surface area (Å²) in [7, 11) is 0.